The van der Waals surface area contributed by atoms with Crippen molar-refractivity contribution in [2.45, 2.75) is 19.4 Å². The SMILES string of the molecule is COc1ccc(N2C(=O)CC(N(NC(=O)c3ccccc3C)C(=O)c3ccccc3)C2=O)cc1. The maximum atomic E-state index is 13.4. The second kappa shape index (κ2) is 9.58. The van der Waals surface area contributed by atoms with E-state index in [-0.39, 0.29) is 12.0 Å². The number of hydrazine groups is 1. The van der Waals surface area contributed by atoms with Gasteiger partial charge in [-0.05, 0) is 55.0 Å². The van der Waals surface area contributed by atoms with Crippen molar-refractivity contribution in [1.82, 2.24) is 10.4 Å². The van der Waals surface area contributed by atoms with E-state index in [0.29, 0.717) is 22.6 Å². The van der Waals surface area contributed by atoms with Crippen LogP contribution >= 0.6 is 0 Å². The molecule has 0 bridgehead atoms. The summed E-state index contributed by atoms with van der Waals surface area (Å²) in [6.45, 7) is 1.77. The standard InChI is InChI=1S/C26H23N3O5/c1-17-8-6-7-11-21(17)24(31)27-29(25(32)18-9-4-3-5-10-18)22-16-23(30)28(26(22)33)19-12-14-20(34-2)15-13-19/h3-15,22H,16H2,1-2H3,(H,27,31). The molecule has 1 atom stereocenters. The molecular weight excluding hydrogens is 434 g/mol. The Kier molecular flexibility index (Phi) is 6.40. The Bertz CT molecular complexity index is 1240. The van der Waals surface area contributed by atoms with Crippen molar-refractivity contribution in [3.05, 3.63) is 95.6 Å². The Labute approximate surface area is 196 Å². The number of carbonyl (C=O) groups is 4. The lowest BCUT2D eigenvalue weighted by Crippen LogP contribution is -2.54. The highest BCUT2D eigenvalue weighted by Gasteiger charge is 2.45. The van der Waals surface area contributed by atoms with Crippen LogP contribution in [0.25, 0.3) is 0 Å². The van der Waals surface area contributed by atoms with Crippen molar-refractivity contribution in [3.63, 3.8) is 0 Å². The largest absolute Gasteiger partial charge is 0.497 e. The number of benzene rings is 3. The normalized spacial score (nSPS) is 15.2. The van der Waals surface area contributed by atoms with E-state index in [1.54, 1.807) is 85.8 Å². The van der Waals surface area contributed by atoms with E-state index in [0.717, 1.165) is 9.91 Å². The molecular formula is C26H23N3O5. The van der Waals surface area contributed by atoms with Gasteiger partial charge in [0.2, 0.25) is 5.91 Å². The molecule has 8 nitrogen and oxygen atoms in total. The molecule has 172 valence electrons. The number of carbonyl (C=O) groups excluding carboxylic acids is 4. The van der Waals surface area contributed by atoms with Gasteiger partial charge in [0.1, 0.15) is 11.8 Å². The molecule has 8 heteroatoms. The minimum atomic E-state index is -1.20. The Hall–Kier alpha value is -4.46. The van der Waals surface area contributed by atoms with Crippen molar-refractivity contribution in [1.29, 1.82) is 0 Å². The van der Waals surface area contributed by atoms with Crippen molar-refractivity contribution >= 4 is 29.3 Å². The zero-order valence-corrected chi connectivity index (χ0v) is 18.7. The monoisotopic (exact) mass is 457 g/mol. The highest BCUT2D eigenvalue weighted by molar-refractivity contribution is 6.23. The number of methoxy groups -OCH3 is 1. The van der Waals surface area contributed by atoms with Gasteiger partial charge in [0.15, 0.2) is 0 Å². The Balaban J connectivity index is 1.67. The van der Waals surface area contributed by atoms with Crippen LogP contribution in [0.1, 0.15) is 32.7 Å². The quantitative estimate of drug-likeness (QED) is 0.469. The van der Waals surface area contributed by atoms with Crippen LogP contribution in [0, 0.1) is 6.92 Å². The maximum absolute atomic E-state index is 13.4. The number of aryl methyl sites for hydroxylation is 1. The minimum absolute atomic E-state index is 0.266. The molecule has 34 heavy (non-hydrogen) atoms. The van der Waals surface area contributed by atoms with Crippen LogP contribution in [0.3, 0.4) is 0 Å². The number of imide groups is 1. The number of nitrogens with zero attached hydrogens (tertiary/aromatic N) is 2. The second-order valence-corrected chi connectivity index (χ2v) is 7.78. The smallest absolute Gasteiger partial charge is 0.273 e. The van der Waals surface area contributed by atoms with Gasteiger partial charge in [-0.1, -0.05) is 36.4 Å². The van der Waals surface area contributed by atoms with Crippen molar-refractivity contribution < 1.29 is 23.9 Å². The highest BCUT2D eigenvalue weighted by Crippen LogP contribution is 2.27. The summed E-state index contributed by atoms with van der Waals surface area (Å²) in [7, 11) is 1.52. The number of nitrogens with one attached hydrogen (secondary N) is 1. The van der Waals surface area contributed by atoms with Crippen molar-refractivity contribution in [2.24, 2.45) is 0 Å². The highest BCUT2D eigenvalue weighted by atomic mass is 16.5. The fourth-order valence-corrected chi connectivity index (χ4v) is 3.81. The number of anilines is 1. The molecule has 1 aliphatic heterocycles. The summed E-state index contributed by atoms with van der Waals surface area (Å²) in [5.41, 5.74) is 4.28. The lowest BCUT2D eigenvalue weighted by atomic mass is 10.1. The van der Waals surface area contributed by atoms with E-state index in [1.807, 2.05) is 0 Å². The zero-order valence-electron chi connectivity index (χ0n) is 18.7. The number of amides is 4. The lowest BCUT2D eigenvalue weighted by Gasteiger charge is -2.28. The first-order valence-corrected chi connectivity index (χ1v) is 10.7. The third-order valence-electron chi connectivity index (χ3n) is 5.62. The fraction of sp³-hybridized carbons (Fsp3) is 0.154. The molecule has 1 unspecified atom stereocenters. The van der Waals surface area contributed by atoms with Crippen LogP contribution in [-0.2, 0) is 9.59 Å². The predicted octanol–water partition coefficient (Wildman–Crippen LogP) is 3.12. The van der Waals surface area contributed by atoms with Crippen LogP contribution in [0.4, 0.5) is 5.69 Å². The minimum Gasteiger partial charge on any atom is -0.497 e. The Morgan fingerprint density at radius 3 is 2.24 bits per heavy atom. The second-order valence-electron chi connectivity index (χ2n) is 7.78. The molecule has 0 spiro atoms. The van der Waals surface area contributed by atoms with Crippen LogP contribution in [0.2, 0.25) is 0 Å². The third kappa shape index (κ3) is 4.38. The molecule has 3 aromatic rings. The zero-order chi connectivity index (χ0) is 24.2. The molecule has 3 aromatic carbocycles. The van der Waals surface area contributed by atoms with E-state index in [9.17, 15) is 19.2 Å². The molecule has 0 aromatic heterocycles. The van der Waals surface area contributed by atoms with E-state index in [1.165, 1.54) is 7.11 Å². The topological polar surface area (TPSA) is 96.0 Å². The van der Waals surface area contributed by atoms with Gasteiger partial charge in [0.05, 0.1) is 19.2 Å². The number of hydrogen-bond acceptors (Lipinski definition) is 5. The molecule has 4 amide bonds. The number of ether oxygens (including phenoxy) is 1. The van der Waals surface area contributed by atoms with Gasteiger partial charge in [-0.25, -0.2) is 9.91 Å². The van der Waals surface area contributed by atoms with E-state index in [4.69, 9.17) is 4.74 Å². The van der Waals surface area contributed by atoms with E-state index < -0.39 is 29.7 Å². The molecule has 1 fully saturated rings. The van der Waals surface area contributed by atoms with Gasteiger partial charge in [0.25, 0.3) is 17.7 Å². The Morgan fingerprint density at radius 2 is 1.59 bits per heavy atom. The summed E-state index contributed by atoms with van der Waals surface area (Å²) in [6.07, 6.45) is -0.266. The van der Waals surface area contributed by atoms with Crippen LogP contribution in [0.5, 0.6) is 5.75 Å². The van der Waals surface area contributed by atoms with Gasteiger partial charge in [-0.3, -0.25) is 24.6 Å². The molecule has 4 rings (SSSR count). The van der Waals surface area contributed by atoms with Gasteiger partial charge < -0.3 is 4.74 Å². The summed E-state index contributed by atoms with van der Waals surface area (Å²) in [5.74, 6) is -1.65. The van der Waals surface area contributed by atoms with Gasteiger partial charge in [0, 0.05) is 11.1 Å². The average Bonchev–Trinajstić information content (AvgIpc) is 3.16. The van der Waals surface area contributed by atoms with Crippen LogP contribution < -0.4 is 15.1 Å². The summed E-state index contributed by atoms with van der Waals surface area (Å²) in [4.78, 5) is 53.7. The molecule has 1 saturated heterocycles. The van der Waals surface area contributed by atoms with Crippen molar-refractivity contribution in [2.75, 3.05) is 12.0 Å². The van der Waals surface area contributed by atoms with Gasteiger partial charge in [-0.2, -0.15) is 0 Å². The summed E-state index contributed by atoms with van der Waals surface area (Å²) in [5, 5.41) is 0.966. The first kappa shape index (κ1) is 22.7. The fourth-order valence-electron chi connectivity index (χ4n) is 3.81. The molecule has 1 aliphatic rings. The molecule has 1 heterocycles. The van der Waals surface area contributed by atoms with Gasteiger partial charge in [-0.15, -0.1) is 0 Å². The molecule has 0 radical (unpaired) electrons. The molecule has 0 aliphatic carbocycles. The van der Waals surface area contributed by atoms with Crippen LogP contribution in [-0.4, -0.2) is 41.8 Å². The number of rotatable bonds is 5. The maximum Gasteiger partial charge on any atom is 0.273 e. The first-order chi connectivity index (χ1) is 16.4. The van der Waals surface area contributed by atoms with E-state index in [2.05, 4.69) is 5.43 Å². The first-order valence-electron chi connectivity index (χ1n) is 10.7. The summed E-state index contributed by atoms with van der Waals surface area (Å²) >= 11 is 0. The predicted molar refractivity (Wildman–Crippen MR) is 125 cm³/mol. The summed E-state index contributed by atoms with van der Waals surface area (Å²) in [6, 6.07) is 20.4. The van der Waals surface area contributed by atoms with E-state index >= 15 is 0 Å². The average molecular weight is 457 g/mol. The Morgan fingerprint density at radius 1 is 0.941 bits per heavy atom. The van der Waals surface area contributed by atoms with Gasteiger partial charge >= 0.3 is 0 Å². The molecule has 1 N–H and O–H groups in total. The van der Waals surface area contributed by atoms with Crippen LogP contribution in [0.15, 0.2) is 78.9 Å². The number of hydrogen-bond donors (Lipinski definition) is 1. The third-order valence-corrected chi connectivity index (χ3v) is 5.62. The summed E-state index contributed by atoms with van der Waals surface area (Å²) < 4.78 is 5.13. The lowest BCUT2D eigenvalue weighted by molar-refractivity contribution is -0.122. The molecule has 0 saturated carbocycles. The van der Waals surface area contributed by atoms with Crippen molar-refractivity contribution in [3.8, 4) is 5.75 Å².